The molecular weight excluding hydrogens is 451 g/mol. The summed E-state index contributed by atoms with van der Waals surface area (Å²) in [5.41, 5.74) is -0.401. The van der Waals surface area contributed by atoms with E-state index in [2.05, 4.69) is 20.5 Å². The lowest BCUT2D eigenvalue weighted by Gasteiger charge is -2.10. The van der Waals surface area contributed by atoms with Crippen LogP contribution in [0, 0.1) is 0 Å². The molecule has 0 unspecified atom stereocenters. The van der Waals surface area contributed by atoms with Crippen LogP contribution in [0.4, 0.5) is 19.1 Å². The van der Waals surface area contributed by atoms with E-state index in [-0.39, 0.29) is 30.0 Å². The molecule has 8 nitrogen and oxygen atoms in total. The number of nitrogens with zero attached hydrogens (tertiary/aromatic N) is 3. The molecule has 0 bridgehead atoms. The highest BCUT2D eigenvalue weighted by molar-refractivity contribution is 5.95. The number of benzene rings is 2. The third kappa shape index (κ3) is 4.03. The molecular formula is C23H16F3N5O3. The summed E-state index contributed by atoms with van der Waals surface area (Å²) in [7, 11) is 0. The van der Waals surface area contributed by atoms with Gasteiger partial charge in [0.25, 0.3) is 5.56 Å². The fourth-order valence-electron chi connectivity index (χ4n) is 3.75. The van der Waals surface area contributed by atoms with Crippen LogP contribution in [0.5, 0.6) is 0 Å². The van der Waals surface area contributed by atoms with Gasteiger partial charge in [0.15, 0.2) is 0 Å². The summed E-state index contributed by atoms with van der Waals surface area (Å²) in [4.78, 5) is 29.1. The van der Waals surface area contributed by atoms with E-state index in [1.807, 2.05) is 0 Å². The Morgan fingerprint density at radius 3 is 2.62 bits per heavy atom. The molecule has 5 aromatic rings. The van der Waals surface area contributed by atoms with E-state index in [0.29, 0.717) is 27.7 Å². The molecule has 5 rings (SSSR count). The van der Waals surface area contributed by atoms with E-state index in [1.54, 1.807) is 41.0 Å². The van der Waals surface area contributed by atoms with Crippen LogP contribution < -0.4 is 10.9 Å². The minimum Gasteiger partial charge on any atom is -0.467 e. The van der Waals surface area contributed by atoms with Crippen molar-refractivity contribution in [1.82, 2.24) is 19.7 Å². The molecule has 1 amide bonds. The molecule has 0 saturated heterocycles. The number of aromatic nitrogens is 4. The van der Waals surface area contributed by atoms with Crippen LogP contribution >= 0.6 is 0 Å². The number of hydrogen-bond acceptors (Lipinski definition) is 5. The molecule has 0 aliphatic carbocycles. The van der Waals surface area contributed by atoms with Crippen molar-refractivity contribution in [3.8, 4) is 0 Å². The van der Waals surface area contributed by atoms with Crippen molar-refractivity contribution in [2.45, 2.75) is 19.1 Å². The van der Waals surface area contributed by atoms with Gasteiger partial charge in [-0.3, -0.25) is 14.9 Å². The Bertz CT molecular complexity index is 1570. The maximum absolute atomic E-state index is 13.2. The van der Waals surface area contributed by atoms with Crippen LogP contribution in [0.3, 0.4) is 0 Å². The Kier molecular flexibility index (Phi) is 5.16. The van der Waals surface area contributed by atoms with E-state index in [4.69, 9.17) is 4.42 Å². The number of amides is 1. The predicted molar refractivity (Wildman–Crippen MR) is 117 cm³/mol. The van der Waals surface area contributed by atoms with E-state index < -0.39 is 17.6 Å². The standard InChI is InChI=1S/C23H16F3N5O3/c24-23(25,26)13-7-8-19-18(10-13)27-22(31(19)12-14-4-3-9-34-14)28-20(32)11-17-15-5-1-2-6-16(15)21(33)30-29-17/h1-10H,11-12H2,(H,30,33)(H,27,28,32). The second-order valence-electron chi connectivity index (χ2n) is 7.57. The Morgan fingerprint density at radius 2 is 1.88 bits per heavy atom. The zero-order valence-electron chi connectivity index (χ0n) is 17.4. The molecule has 0 atom stereocenters. The van der Waals surface area contributed by atoms with Crippen molar-refractivity contribution in [3.63, 3.8) is 0 Å². The number of nitrogens with one attached hydrogen (secondary N) is 2. The summed E-state index contributed by atoms with van der Waals surface area (Å²) in [5, 5.41) is 9.93. The molecule has 34 heavy (non-hydrogen) atoms. The molecule has 0 radical (unpaired) electrons. The van der Waals surface area contributed by atoms with E-state index >= 15 is 0 Å². The summed E-state index contributed by atoms with van der Waals surface area (Å²) in [6.45, 7) is 0.143. The quantitative estimate of drug-likeness (QED) is 0.405. The molecule has 0 spiro atoms. The highest BCUT2D eigenvalue weighted by Crippen LogP contribution is 2.32. The second-order valence-corrected chi connectivity index (χ2v) is 7.57. The SMILES string of the molecule is O=C(Cc1n[nH]c(=O)c2ccccc12)Nc1nc2cc(C(F)(F)F)ccc2n1Cc1ccco1. The Morgan fingerprint density at radius 1 is 1.09 bits per heavy atom. The lowest BCUT2D eigenvalue weighted by molar-refractivity contribution is -0.137. The maximum Gasteiger partial charge on any atom is 0.416 e. The Balaban J connectivity index is 1.50. The van der Waals surface area contributed by atoms with Crippen molar-refractivity contribution in [1.29, 1.82) is 0 Å². The van der Waals surface area contributed by atoms with Crippen molar-refractivity contribution in [2.75, 3.05) is 5.32 Å². The summed E-state index contributed by atoms with van der Waals surface area (Å²) < 4.78 is 46.5. The molecule has 3 heterocycles. The zero-order valence-corrected chi connectivity index (χ0v) is 17.4. The number of carbonyl (C=O) groups excluding carboxylic acids is 1. The van der Waals surface area contributed by atoms with Gasteiger partial charge in [0.1, 0.15) is 5.76 Å². The number of H-pyrrole nitrogens is 1. The molecule has 0 fully saturated rings. The minimum absolute atomic E-state index is 0.0597. The largest absolute Gasteiger partial charge is 0.467 e. The van der Waals surface area contributed by atoms with Crippen molar-refractivity contribution in [3.05, 3.63) is 88.2 Å². The van der Waals surface area contributed by atoms with Gasteiger partial charge in [-0.2, -0.15) is 18.3 Å². The monoisotopic (exact) mass is 467 g/mol. The fraction of sp³-hybridized carbons (Fsp3) is 0.130. The Labute approximate surface area is 189 Å². The highest BCUT2D eigenvalue weighted by atomic mass is 19.4. The fourth-order valence-corrected chi connectivity index (χ4v) is 3.75. The van der Waals surface area contributed by atoms with E-state index in [0.717, 1.165) is 12.1 Å². The van der Waals surface area contributed by atoms with Gasteiger partial charge < -0.3 is 8.98 Å². The summed E-state index contributed by atoms with van der Waals surface area (Å²) in [6, 6.07) is 13.3. The topological polar surface area (TPSA) is 106 Å². The number of hydrogen-bond donors (Lipinski definition) is 2. The summed E-state index contributed by atoms with van der Waals surface area (Å²) >= 11 is 0. The maximum atomic E-state index is 13.2. The third-order valence-electron chi connectivity index (χ3n) is 5.32. The molecule has 2 aromatic carbocycles. The number of fused-ring (bicyclic) bond motifs is 2. The first-order chi connectivity index (χ1) is 16.3. The van der Waals surface area contributed by atoms with Crippen LogP contribution in [-0.4, -0.2) is 25.7 Å². The first kappa shape index (κ1) is 21.4. The number of imidazole rings is 1. The predicted octanol–water partition coefficient (Wildman–Crippen LogP) is 4.11. The highest BCUT2D eigenvalue weighted by Gasteiger charge is 2.31. The number of halogens is 3. The lowest BCUT2D eigenvalue weighted by atomic mass is 10.1. The number of aromatic amines is 1. The molecule has 0 aliphatic rings. The van der Waals surface area contributed by atoms with Gasteiger partial charge in [0.05, 0.1) is 46.9 Å². The van der Waals surface area contributed by atoms with E-state index in [9.17, 15) is 22.8 Å². The van der Waals surface area contributed by atoms with Crippen LogP contribution in [-0.2, 0) is 23.9 Å². The van der Waals surface area contributed by atoms with Gasteiger partial charge >= 0.3 is 6.18 Å². The number of alkyl halides is 3. The van der Waals surface area contributed by atoms with Crippen LogP contribution in [0.25, 0.3) is 21.8 Å². The minimum atomic E-state index is -4.53. The van der Waals surface area contributed by atoms with Crippen molar-refractivity contribution >= 4 is 33.7 Å². The normalized spacial score (nSPS) is 11.9. The zero-order chi connectivity index (χ0) is 23.9. The molecule has 0 saturated carbocycles. The van der Waals surface area contributed by atoms with Gasteiger partial charge in [0, 0.05) is 5.39 Å². The first-order valence-corrected chi connectivity index (χ1v) is 10.2. The lowest BCUT2D eigenvalue weighted by Crippen LogP contribution is -2.20. The molecule has 172 valence electrons. The van der Waals surface area contributed by atoms with Gasteiger partial charge in [-0.05, 0) is 36.4 Å². The van der Waals surface area contributed by atoms with Crippen molar-refractivity contribution < 1.29 is 22.4 Å². The molecule has 2 N–H and O–H groups in total. The number of carbonyl (C=O) groups is 1. The van der Waals surface area contributed by atoms with E-state index in [1.165, 1.54) is 12.3 Å². The molecule has 11 heteroatoms. The second kappa shape index (κ2) is 8.18. The summed E-state index contributed by atoms with van der Waals surface area (Å²) in [5.74, 6) is 0.0872. The Hall–Kier alpha value is -4.41. The van der Waals surface area contributed by atoms with Crippen LogP contribution in [0.1, 0.15) is 17.0 Å². The average molecular weight is 467 g/mol. The number of rotatable bonds is 5. The van der Waals surface area contributed by atoms with Crippen LogP contribution in [0.15, 0.2) is 70.1 Å². The van der Waals surface area contributed by atoms with Gasteiger partial charge in [-0.15, -0.1) is 0 Å². The van der Waals surface area contributed by atoms with Gasteiger partial charge in [0.2, 0.25) is 11.9 Å². The number of furan rings is 1. The first-order valence-electron chi connectivity index (χ1n) is 10.2. The summed E-state index contributed by atoms with van der Waals surface area (Å²) in [6.07, 6.45) is -3.24. The number of anilines is 1. The average Bonchev–Trinajstić information content (AvgIpc) is 3.43. The third-order valence-corrected chi connectivity index (χ3v) is 5.32. The van der Waals surface area contributed by atoms with Crippen LogP contribution in [0.2, 0.25) is 0 Å². The molecule has 0 aliphatic heterocycles. The van der Waals surface area contributed by atoms with Gasteiger partial charge in [-0.1, -0.05) is 18.2 Å². The van der Waals surface area contributed by atoms with Gasteiger partial charge in [-0.25, -0.2) is 10.1 Å². The molecule has 3 aromatic heterocycles. The smallest absolute Gasteiger partial charge is 0.416 e. The van der Waals surface area contributed by atoms with Crippen molar-refractivity contribution in [2.24, 2.45) is 0 Å².